The van der Waals surface area contributed by atoms with Crippen LogP contribution in [0.15, 0.2) is 48.9 Å². The topological polar surface area (TPSA) is 126 Å². The monoisotopic (exact) mass is 590 g/mol. The van der Waals surface area contributed by atoms with E-state index in [9.17, 15) is 26.3 Å². The van der Waals surface area contributed by atoms with Gasteiger partial charge in [-0.25, -0.2) is 14.6 Å². The molecule has 4 heterocycles. The van der Waals surface area contributed by atoms with Gasteiger partial charge in [0, 0.05) is 51.5 Å². The molecule has 41 heavy (non-hydrogen) atoms. The van der Waals surface area contributed by atoms with Crippen LogP contribution in [0.25, 0.3) is 11.3 Å². The van der Waals surface area contributed by atoms with Crippen molar-refractivity contribution in [3.63, 3.8) is 0 Å². The minimum Gasteiger partial charge on any atom is -0.475 e. The number of carbonyl (C=O) groups is 2. The Bertz CT molecular complexity index is 1290. The van der Waals surface area contributed by atoms with Crippen molar-refractivity contribution >= 4 is 11.9 Å². The minimum atomic E-state index is -5.08. The van der Waals surface area contributed by atoms with E-state index >= 15 is 0 Å². The molecule has 0 bridgehead atoms. The number of aliphatic carboxylic acids is 2. The van der Waals surface area contributed by atoms with Gasteiger partial charge in [-0.1, -0.05) is 30.3 Å². The Balaban J connectivity index is 0.000000276. The fraction of sp³-hybridized carbons (Fsp3) is 0.440. The number of nitrogens with zero attached hydrogens (tertiary/aromatic N) is 5. The van der Waals surface area contributed by atoms with E-state index in [1.165, 1.54) is 22.6 Å². The van der Waals surface area contributed by atoms with Gasteiger partial charge < -0.3 is 20.1 Å². The zero-order valence-electron chi connectivity index (χ0n) is 21.8. The average molecular weight is 591 g/mol. The van der Waals surface area contributed by atoms with Gasteiger partial charge in [0.15, 0.2) is 0 Å². The van der Waals surface area contributed by atoms with Crippen LogP contribution in [0.5, 0.6) is 0 Å². The summed E-state index contributed by atoms with van der Waals surface area (Å²) in [5, 5.41) is 22.4. The van der Waals surface area contributed by atoms with E-state index in [0.717, 1.165) is 45.6 Å². The maximum absolute atomic E-state index is 10.6. The van der Waals surface area contributed by atoms with Crippen molar-refractivity contribution in [2.24, 2.45) is 7.05 Å². The number of carboxylic acids is 2. The van der Waals surface area contributed by atoms with Crippen LogP contribution in [0, 0.1) is 0 Å². The number of piperidine rings is 1. The maximum Gasteiger partial charge on any atom is 0.490 e. The fourth-order valence-corrected chi connectivity index (χ4v) is 4.61. The number of aryl methyl sites for hydroxylation is 1. The average Bonchev–Trinajstić information content (AvgIpc) is 3.52. The third kappa shape index (κ3) is 8.29. The van der Waals surface area contributed by atoms with E-state index in [0.29, 0.717) is 0 Å². The summed E-state index contributed by atoms with van der Waals surface area (Å²) in [6.45, 7) is 5.13. The Kier molecular flexibility index (Phi) is 9.81. The molecule has 2 aliphatic heterocycles. The Hall–Kier alpha value is -3.92. The van der Waals surface area contributed by atoms with Crippen LogP contribution in [-0.2, 0) is 35.3 Å². The summed E-state index contributed by atoms with van der Waals surface area (Å²) in [6.07, 6.45) is -1.83. The highest BCUT2D eigenvalue weighted by atomic mass is 19.4. The first-order valence-electron chi connectivity index (χ1n) is 12.3. The van der Waals surface area contributed by atoms with E-state index in [4.69, 9.17) is 24.8 Å². The second-order valence-electron chi connectivity index (χ2n) is 9.40. The smallest absolute Gasteiger partial charge is 0.475 e. The van der Waals surface area contributed by atoms with Gasteiger partial charge in [0.05, 0.1) is 23.6 Å². The zero-order chi connectivity index (χ0) is 30.4. The number of halogens is 6. The number of aromatic nitrogens is 4. The summed E-state index contributed by atoms with van der Waals surface area (Å²) in [6, 6.07) is 10.6. The fourth-order valence-electron chi connectivity index (χ4n) is 4.61. The van der Waals surface area contributed by atoms with E-state index < -0.39 is 24.3 Å². The number of hydrogen-bond donors (Lipinski definition) is 3. The van der Waals surface area contributed by atoms with Crippen molar-refractivity contribution in [1.29, 1.82) is 0 Å². The molecule has 5 rings (SSSR count). The Labute approximate surface area is 230 Å². The molecule has 1 aromatic carbocycles. The highest BCUT2D eigenvalue weighted by molar-refractivity contribution is 5.73. The normalized spacial score (nSPS) is 16.6. The number of imidazole rings is 1. The Morgan fingerprint density at radius 2 is 1.51 bits per heavy atom. The lowest BCUT2D eigenvalue weighted by molar-refractivity contribution is -0.193. The molecule has 0 saturated carbocycles. The van der Waals surface area contributed by atoms with E-state index in [2.05, 4.69) is 62.6 Å². The van der Waals surface area contributed by atoms with Gasteiger partial charge in [0.25, 0.3) is 0 Å². The van der Waals surface area contributed by atoms with Crippen molar-refractivity contribution in [3.05, 3.63) is 60.3 Å². The maximum atomic E-state index is 10.6. The quantitative estimate of drug-likeness (QED) is 0.395. The molecule has 2 aliphatic rings. The molecule has 3 aromatic rings. The van der Waals surface area contributed by atoms with Crippen LogP contribution in [0.3, 0.4) is 0 Å². The number of hydrogen-bond acceptors (Lipinski definition) is 6. The molecule has 0 unspecified atom stereocenters. The number of rotatable bonds is 3. The second-order valence-corrected chi connectivity index (χ2v) is 9.40. The summed E-state index contributed by atoms with van der Waals surface area (Å²) in [4.78, 5) is 25.2. The molecule has 3 N–H and O–H groups in total. The van der Waals surface area contributed by atoms with Crippen LogP contribution in [0.4, 0.5) is 26.3 Å². The summed E-state index contributed by atoms with van der Waals surface area (Å²) < 4.78 is 67.8. The summed E-state index contributed by atoms with van der Waals surface area (Å²) in [5.41, 5.74) is 3.79. The van der Waals surface area contributed by atoms with Crippen LogP contribution < -0.4 is 5.32 Å². The molecular weight excluding hydrogens is 562 g/mol. The molecule has 10 nitrogen and oxygen atoms in total. The van der Waals surface area contributed by atoms with Crippen molar-refractivity contribution in [2.45, 2.75) is 43.8 Å². The molecule has 0 radical (unpaired) electrons. The SMILES string of the molecule is Cn1cc(CN2CCC3(CC2)NCCn2c(-c4ccccc4)cnc23)cn1.O=C(O)C(F)(F)F.O=C(O)C(F)(F)F. The van der Waals surface area contributed by atoms with Gasteiger partial charge in [-0.05, 0) is 18.4 Å². The minimum absolute atomic E-state index is 0.0106. The van der Waals surface area contributed by atoms with Gasteiger partial charge >= 0.3 is 24.3 Å². The lowest BCUT2D eigenvalue weighted by Crippen LogP contribution is -2.55. The first-order valence-corrected chi connectivity index (χ1v) is 12.3. The largest absolute Gasteiger partial charge is 0.490 e. The summed E-state index contributed by atoms with van der Waals surface area (Å²) in [7, 11) is 1.98. The molecule has 1 fully saturated rings. The second kappa shape index (κ2) is 12.7. The zero-order valence-corrected chi connectivity index (χ0v) is 21.8. The van der Waals surface area contributed by atoms with Gasteiger partial charge in [0.2, 0.25) is 0 Å². The first-order chi connectivity index (χ1) is 19.1. The molecule has 0 atom stereocenters. The molecule has 0 amide bonds. The van der Waals surface area contributed by atoms with Crippen LogP contribution in [0.2, 0.25) is 0 Å². The van der Waals surface area contributed by atoms with E-state index in [-0.39, 0.29) is 5.54 Å². The number of alkyl halides is 6. The van der Waals surface area contributed by atoms with Crippen molar-refractivity contribution in [2.75, 3.05) is 19.6 Å². The van der Waals surface area contributed by atoms with E-state index in [1.54, 1.807) is 0 Å². The van der Waals surface area contributed by atoms with Crippen molar-refractivity contribution in [3.8, 4) is 11.3 Å². The number of carboxylic acid groups (broad SMARTS) is 2. The number of nitrogens with one attached hydrogen (secondary N) is 1. The van der Waals surface area contributed by atoms with Crippen LogP contribution in [-0.4, -0.2) is 78.4 Å². The van der Waals surface area contributed by atoms with E-state index in [1.807, 2.05) is 17.9 Å². The Morgan fingerprint density at radius 3 is 2.00 bits per heavy atom. The van der Waals surface area contributed by atoms with Crippen molar-refractivity contribution < 1.29 is 46.1 Å². The van der Waals surface area contributed by atoms with Crippen LogP contribution in [0.1, 0.15) is 24.2 Å². The predicted molar refractivity (Wildman–Crippen MR) is 132 cm³/mol. The van der Waals surface area contributed by atoms with Gasteiger partial charge in [-0.2, -0.15) is 31.4 Å². The molecule has 2 aromatic heterocycles. The lowest BCUT2D eigenvalue weighted by atomic mass is 9.85. The molecule has 0 aliphatic carbocycles. The number of likely N-dealkylation sites (tertiary alicyclic amines) is 1. The molecule has 16 heteroatoms. The molecular formula is C25H28F6N6O4. The van der Waals surface area contributed by atoms with Crippen LogP contribution >= 0.6 is 0 Å². The van der Waals surface area contributed by atoms with Gasteiger partial charge in [-0.15, -0.1) is 0 Å². The lowest BCUT2D eigenvalue weighted by Gasteiger charge is -2.44. The summed E-state index contributed by atoms with van der Waals surface area (Å²) >= 11 is 0. The number of fused-ring (bicyclic) bond motifs is 2. The highest BCUT2D eigenvalue weighted by Gasteiger charge is 2.42. The standard InChI is InChI=1S/C21H26N6.2C2HF3O2/c1-25-15-17(13-24-25)16-26-10-7-21(8-11-26)20-22-14-19(27(20)12-9-23-21)18-5-3-2-4-6-18;2*3-2(4,5)1(6)7/h2-6,13-15,23H,7-12,16H2,1H3;2*(H,6,7). The molecule has 1 spiro atoms. The van der Waals surface area contributed by atoms with Gasteiger partial charge in [0.1, 0.15) is 5.82 Å². The third-order valence-electron chi connectivity index (χ3n) is 6.51. The highest BCUT2D eigenvalue weighted by Crippen LogP contribution is 2.37. The summed E-state index contributed by atoms with van der Waals surface area (Å²) in [5.74, 6) is -4.30. The number of benzene rings is 1. The Morgan fingerprint density at radius 1 is 0.951 bits per heavy atom. The molecule has 1 saturated heterocycles. The molecule has 224 valence electrons. The predicted octanol–water partition coefficient (Wildman–Crippen LogP) is 3.64. The first kappa shape index (κ1) is 31.6. The van der Waals surface area contributed by atoms with Crippen molar-refractivity contribution in [1.82, 2.24) is 29.5 Å². The third-order valence-corrected chi connectivity index (χ3v) is 6.51. The van der Waals surface area contributed by atoms with Gasteiger partial charge in [-0.3, -0.25) is 9.58 Å².